The summed E-state index contributed by atoms with van der Waals surface area (Å²) in [6, 6.07) is 15.3. The molecule has 1 aromatic heterocycles. The summed E-state index contributed by atoms with van der Waals surface area (Å²) in [7, 11) is -3.81. The van der Waals surface area contributed by atoms with Crippen LogP contribution in [0.2, 0.25) is 0 Å². The van der Waals surface area contributed by atoms with Crippen LogP contribution >= 0.6 is 0 Å². The molecular formula is C23H26N2O3S. The second-order valence-corrected chi connectivity index (χ2v) is 9.53. The first kappa shape index (κ1) is 19.7. The number of hydrogen-bond donors (Lipinski definition) is 1. The third kappa shape index (κ3) is 4.22. The minimum atomic E-state index is -3.81. The molecule has 3 aromatic rings. The summed E-state index contributed by atoms with van der Waals surface area (Å²) in [4.78, 5) is 0.219. The molecule has 5 nitrogen and oxygen atoms in total. The Kier molecular flexibility index (Phi) is 5.46. The molecular weight excluding hydrogens is 384 g/mol. The van der Waals surface area contributed by atoms with Gasteiger partial charge in [0, 0.05) is 11.1 Å². The molecule has 0 amide bonds. The van der Waals surface area contributed by atoms with Crippen LogP contribution in [0.3, 0.4) is 0 Å². The van der Waals surface area contributed by atoms with E-state index >= 15 is 0 Å². The SMILES string of the molecule is Cc1noc(NS(=O)(=O)c2ccccc2-c2ccc(CC3CCCC3)cc2)c1C. The van der Waals surface area contributed by atoms with Crippen LogP contribution in [0.4, 0.5) is 5.88 Å². The molecule has 4 rings (SSSR count). The highest BCUT2D eigenvalue weighted by Crippen LogP contribution is 2.32. The van der Waals surface area contributed by atoms with Crippen molar-refractivity contribution in [3.05, 3.63) is 65.4 Å². The van der Waals surface area contributed by atoms with Gasteiger partial charge in [0.25, 0.3) is 10.0 Å². The molecule has 0 radical (unpaired) electrons. The van der Waals surface area contributed by atoms with Crippen molar-refractivity contribution >= 4 is 15.9 Å². The number of anilines is 1. The Bertz CT molecular complexity index is 1100. The van der Waals surface area contributed by atoms with Crippen LogP contribution < -0.4 is 4.72 Å². The summed E-state index contributed by atoms with van der Waals surface area (Å²) in [6.07, 6.45) is 6.41. The molecule has 0 saturated heterocycles. The lowest BCUT2D eigenvalue weighted by Gasteiger charge is -2.13. The van der Waals surface area contributed by atoms with Crippen molar-refractivity contribution < 1.29 is 12.9 Å². The van der Waals surface area contributed by atoms with Gasteiger partial charge in [0.15, 0.2) is 0 Å². The van der Waals surface area contributed by atoms with Crippen molar-refractivity contribution in [1.29, 1.82) is 0 Å². The van der Waals surface area contributed by atoms with Gasteiger partial charge in [-0.2, -0.15) is 0 Å². The van der Waals surface area contributed by atoms with Gasteiger partial charge in [0.2, 0.25) is 5.88 Å². The average Bonchev–Trinajstić information content (AvgIpc) is 3.34. The van der Waals surface area contributed by atoms with Gasteiger partial charge in [-0.05, 0) is 43.4 Å². The molecule has 0 unspecified atom stereocenters. The summed E-state index contributed by atoms with van der Waals surface area (Å²) in [6.45, 7) is 3.55. The molecule has 29 heavy (non-hydrogen) atoms. The number of hydrogen-bond acceptors (Lipinski definition) is 4. The van der Waals surface area contributed by atoms with Crippen LogP contribution in [0, 0.1) is 19.8 Å². The molecule has 0 spiro atoms. The average molecular weight is 411 g/mol. The van der Waals surface area contributed by atoms with E-state index in [1.165, 1.54) is 31.2 Å². The second kappa shape index (κ2) is 8.03. The Morgan fingerprint density at radius 1 is 1.03 bits per heavy atom. The lowest BCUT2D eigenvalue weighted by Crippen LogP contribution is -2.14. The monoisotopic (exact) mass is 410 g/mol. The molecule has 0 bridgehead atoms. The number of aryl methyl sites for hydroxylation is 1. The van der Waals surface area contributed by atoms with E-state index < -0.39 is 10.0 Å². The number of aromatic nitrogens is 1. The molecule has 1 N–H and O–H groups in total. The van der Waals surface area contributed by atoms with E-state index in [4.69, 9.17) is 4.52 Å². The van der Waals surface area contributed by atoms with E-state index in [1.54, 1.807) is 26.0 Å². The van der Waals surface area contributed by atoms with Gasteiger partial charge in [0.1, 0.15) is 0 Å². The fraction of sp³-hybridized carbons (Fsp3) is 0.348. The maximum Gasteiger partial charge on any atom is 0.264 e. The van der Waals surface area contributed by atoms with Gasteiger partial charge in [-0.3, -0.25) is 0 Å². The molecule has 1 aliphatic carbocycles. The van der Waals surface area contributed by atoms with Crippen LogP contribution in [0.5, 0.6) is 0 Å². The summed E-state index contributed by atoms with van der Waals surface area (Å²) >= 11 is 0. The first-order valence-corrected chi connectivity index (χ1v) is 11.6. The molecule has 1 aliphatic rings. The van der Waals surface area contributed by atoms with Gasteiger partial charge in [0.05, 0.1) is 10.6 Å². The predicted octanol–water partition coefficient (Wildman–Crippen LogP) is 5.49. The van der Waals surface area contributed by atoms with Gasteiger partial charge >= 0.3 is 0 Å². The fourth-order valence-corrected chi connectivity index (χ4v) is 5.27. The first-order valence-electron chi connectivity index (χ1n) is 10.1. The van der Waals surface area contributed by atoms with E-state index in [0.717, 1.165) is 17.9 Å². The van der Waals surface area contributed by atoms with Crippen molar-refractivity contribution in [3.8, 4) is 11.1 Å². The summed E-state index contributed by atoms with van der Waals surface area (Å²) in [5.74, 6) is 0.940. The Morgan fingerprint density at radius 3 is 2.38 bits per heavy atom. The second-order valence-electron chi connectivity index (χ2n) is 7.88. The smallest absolute Gasteiger partial charge is 0.264 e. The van der Waals surface area contributed by atoms with Crippen molar-refractivity contribution in [1.82, 2.24) is 5.16 Å². The summed E-state index contributed by atoms with van der Waals surface area (Å²) < 4.78 is 33.8. The van der Waals surface area contributed by atoms with E-state index in [2.05, 4.69) is 22.0 Å². The summed E-state index contributed by atoms with van der Waals surface area (Å²) in [5, 5.41) is 3.82. The zero-order valence-electron chi connectivity index (χ0n) is 16.8. The quantitative estimate of drug-likeness (QED) is 0.583. The number of sulfonamides is 1. The molecule has 1 fully saturated rings. The Labute approximate surface area is 172 Å². The van der Waals surface area contributed by atoms with Gasteiger partial charge in [-0.1, -0.05) is 73.3 Å². The summed E-state index contributed by atoms with van der Waals surface area (Å²) in [5.41, 5.74) is 4.20. The zero-order chi connectivity index (χ0) is 20.4. The lowest BCUT2D eigenvalue weighted by atomic mass is 9.96. The van der Waals surface area contributed by atoms with E-state index in [9.17, 15) is 8.42 Å². The van der Waals surface area contributed by atoms with E-state index in [1.807, 2.05) is 24.3 Å². The first-order chi connectivity index (χ1) is 13.9. The highest BCUT2D eigenvalue weighted by atomic mass is 32.2. The largest absolute Gasteiger partial charge is 0.337 e. The fourth-order valence-electron chi connectivity index (χ4n) is 4.00. The zero-order valence-corrected chi connectivity index (χ0v) is 17.6. The van der Waals surface area contributed by atoms with Crippen LogP contribution in [0.25, 0.3) is 11.1 Å². The van der Waals surface area contributed by atoms with Crippen molar-refractivity contribution in [3.63, 3.8) is 0 Å². The minimum Gasteiger partial charge on any atom is -0.337 e. The highest BCUT2D eigenvalue weighted by Gasteiger charge is 2.23. The molecule has 0 aliphatic heterocycles. The van der Waals surface area contributed by atoms with Crippen LogP contribution in [0.1, 0.15) is 42.5 Å². The number of nitrogens with one attached hydrogen (secondary N) is 1. The maximum absolute atomic E-state index is 13.1. The maximum atomic E-state index is 13.1. The number of benzene rings is 2. The molecule has 1 heterocycles. The van der Waals surface area contributed by atoms with E-state index in [0.29, 0.717) is 16.8 Å². The van der Waals surface area contributed by atoms with Crippen LogP contribution in [-0.4, -0.2) is 13.6 Å². The van der Waals surface area contributed by atoms with Gasteiger partial charge < -0.3 is 4.52 Å². The Balaban J connectivity index is 1.61. The molecule has 2 aromatic carbocycles. The Hall–Kier alpha value is -2.60. The van der Waals surface area contributed by atoms with E-state index in [-0.39, 0.29) is 10.8 Å². The standard InChI is InChI=1S/C23H26N2O3S/c1-16-17(2)24-28-23(16)25-29(26,27)22-10-6-5-9-21(22)20-13-11-19(12-14-20)15-18-7-3-4-8-18/h5-6,9-14,18,25H,3-4,7-8,15H2,1-2H3. The van der Waals surface area contributed by atoms with Crippen LogP contribution in [-0.2, 0) is 16.4 Å². The van der Waals surface area contributed by atoms with Crippen molar-refractivity contribution in [2.24, 2.45) is 5.92 Å². The molecule has 1 saturated carbocycles. The molecule has 0 atom stereocenters. The topological polar surface area (TPSA) is 72.2 Å². The van der Waals surface area contributed by atoms with Gasteiger partial charge in [-0.25, -0.2) is 13.1 Å². The normalized spacial score (nSPS) is 15.0. The minimum absolute atomic E-state index is 0.157. The molecule has 6 heteroatoms. The Morgan fingerprint density at radius 2 is 1.72 bits per heavy atom. The van der Waals surface area contributed by atoms with Crippen molar-refractivity contribution in [2.45, 2.75) is 50.8 Å². The van der Waals surface area contributed by atoms with Gasteiger partial charge in [-0.15, -0.1) is 0 Å². The number of rotatable bonds is 6. The van der Waals surface area contributed by atoms with Crippen LogP contribution in [0.15, 0.2) is 57.9 Å². The number of nitrogens with zero attached hydrogens (tertiary/aromatic N) is 1. The predicted molar refractivity (Wildman–Crippen MR) is 114 cm³/mol. The lowest BCUT2D eigenvalue weighted by molar-refractivity contribution is 0.430. The van der Waals surface area contributed by atoms with Crippen molar-refractivity contribution in [2.75, 3.05) is 4.72 Å². The molecule has 152 valence electrons. The third-order valence-electron chi connectivity index (χ3n) is 5.82. The third-order valence-corrected chi connectivity index (χ3v) is 7.21. The highest BCUT2D eigenvalue weighted by molar-refractivity contribution is 7.92.